The monoisotopic (exact) mass is 338 g/mol. The number of urea groups is 1. The number of hydrogen-bond donors (Lipinski definition) is 2. The van der Waals surface area contributed by atoms with Crippen molar-refractivity contribution in [2.75, 3.05) is 19.0 Å². The maximum atomic E-state index is 12.6. The Bertz CT molecular complexity index is 685. The third-order valence-electron chi connectivity index (χ3n) is 3.31. The first-order valence-corrected chi connectivity index (χ1v) is 7.23. The molecule has 2 rings (SSSR count). The summed E-state index contributed by atoms with van der Waals surface area (Å²) in [5.74, 6) is 0.744. The fraction of sp³-hybridized carbons (Fsp3) is 0.235. The number of nitrogens with one attached hydrogen (secondary N) is 2. The number of amides is 2. The number of ether oxygens (including phenoxy) is 1. The third kappa shape index (κ3) is 5.19. The van der Waals surface area contributed by atoms with Gasteiger partial charge in [-0.1, -0.05) is 18.2 Å². The van der Waals surface area contributed by atoms with Crippen molar-refractivity contribution in [3.63, 3.8) is 0 Å². The zero-order chi connectivity index (χ0) is 17.6. The normalized spacial score (nSPS) is 11.0. The van der Waals surface area contributed by atoms with Gasteiger partial charge in [0.1, 0.15) is 5.75 Å². The molecule has 0 radical (unpaired) electrons. The molecular formula is C17H17F3N2O2. The number of carbonyl (C=O) groups is 1. The number of anilines is 1. The second kappa shape index (κ2) is 7.72. The van der Waals surface area contributed by atoms with Gasteiger partial charge in [0, 0.05) is 12.2 Å². The molecule has 128 valence electrons. The molecule has 0 heterocycles. The minimum absolute atomic E-state index is 0.0896. The van der Waals surface area contributed by atoms with Gasteiger partial charge in [0.05, 0.1) is 12.7 Å². The molecule has 2 aromatic rings. The van der Waals surface area contributed by atoms with Gasteiger partial charge in [0.2, 0.25) is 0 Å². The summed E-state index contributed by atoms with van der Waals surface area (Å²) in [5, 5.41) is 4.99. The molecule has 0 aliphatic rings. The van der Waals surface area contributed by atoms with E-state index >= 15 is 0 Å². The van der Waals surface area contributed by atoms with Crippen LogP contribution < -0.4 is 15.4 Å². The van der Waals surface area contributed by atoms with Crippen molar-refractivity contribution in [1.29, 1.82) is 0 Å². The lowest BCUT2D eigenvalue weighted by Crippen LogP contribution is -2.30. The van der Waals surface area contributed by atoms with Crippen LogP contribution in [0.1, 0.15) is 11.1 Å². The van der Waals surface area contributed by atoms with Gasteiger partial charge in [0.25, 0.3) is 0 Å². The lowest BCUT2D eigenvalue weighted by Gasteiger charge is -2.11. The van der Waals surface area contributed by atoms with Gasteiger partial charge in [-0.15, -0.1) is 0 Å². The van der Waals surface area contributed by atoms with E-state index in [2.05, 4.69) is 10.6 Å². The molecule has 2 N–H and O–H groups in total. The summed E-state index contributed by atoms with van der Waals surface area (Å²) < 4.78 is 42.9. The number of halogens is 3. The molecule has 7 heteroatoms. The predicted molar refractivity (Wildman–Crippen MR) is 85.2 cm³/mol. The molecule has 0 unspecified atom stereocenters. The Balaban J connectivity index is 1.83. The van der Waals surface area contributed by atoms with E-state index in [4.69, 9.17) is 4.74 Å². The molecule has 0 atom stereocenters. The Labute approximate surface area is 137 Å². The highest BCUT2D eigenvalue weighted by molar-refractivity contribution is 5.89. The average molecular weight is 338 g/mol. The fourth-order valence-corrected chi connectivity index (χ4v) is 2.06. The van der Waals surface area contributed by atoms with Crippen molar-refractivity contribution in [1.82, 2.24) is 5.32 Å². The van der Waals surface area contributed by atoms with E-state index in [0.717, 1.165) is 23.4 Å². The number of methoxy groups -OCH3 is 1. The summed E-state index contributed by atoms with van der Waals surface area (Å²) in [6, 6.07) is 11.3. The van der Waals surface area contributed by atoms with E-state index in [9.17, 15) is 18.0 Å². The molecule has 0 aliphatic heterocycles. The molecule has 0 aliphatic carbocycles. The van der Waals surface area contributed by atoms with Gasteiger partial charge >= 0.3 is 12.2 Å². The average Bonchev–Trinajstić information content (AvgIpc) is 2.55. The Kier molecular flexibility index (Phi) is 5.68. The van der Waals surface area contributed by atoms with Crippen LogP contribution in [0.5, 0.6) is 5.75 Å². The van der Waals surface area contributed by atoms with Crippen molar-refractivity contribution >= 4 is 11.7 Å². The Morgan fingerprint density at radius 1 is 1.12 bits per heavy atom. The lowest BCUT2D eigenvalue weighted by molar-refractivity contribution is -0.137. The highest BCUT2D eigenvalue weighted by Crippen LogP contribution is 2.30. The van der Waals surface area contributed by atoms with E-state index in [1.165, 1.54) is 12.1 Å². The Hall–Kier alpha value is -2.70. The summed E-state index contributed by atoms with van der Waals surface area (Å²) in [7, 11) is 1.58. The van der Waals surface area contributed by atoms with Crippen LogP contribution in [-0.2, 0) is 12.6 Å². The van der Waals surface area contributed by atoms with Crippen molar-refractivity contribution in [3.05, 3.63) is 59.7 Å². The first kappa shape index (κ1) is 17.7. The number of rotatable bonds is 5. The second-order valence-electron chi connectivity index (χ2n) is 5.06. The summed E-state index contributed by atoms with van der Waals surface area (Å²) >= 11 is 0. The number of hydrogen-bond acceptors (Lipinski definition) is 2. The molecule has 24 heavy (non-hydrogen) atoms. The number of benzene rings is 2. The van der Waals surface area contributed by atoms with Crippen molar-refractivity contribution in [2.45, 2.75) is 12.6 Å². The molecule has 0 aromatic heterocycles. The van der Waals surface area contributed by atoms with E-state index < -0.39 is 17.8 Å². The van der Waals surface area contributed by atoms with Crippen LogP contribution in [-0.4, -0.2) is 19.7 Å². The smallest absolute Gasteiger partial charge is 0.416 e. The van der Waals surface area contributed by atoms with E-state index in [-0.39, 0.29) is 5.69 Å². The van der Waals surface area contributed by atoms with Crippen molar-refractivity contribution in [2.24, 2.45) is 0 Å². The number of carbonyl (C=O) groups excluding carboxylic acids is 1. The first-order chi connectivity index (χ1) is 11.4. The van der Waals surface area contributed by atoms with Gasteiger partial charge < -0.3 is 15.4 Å². The largest absolute Gasteiger partial charge is 0.497 e. The van der Waals surface area contributed by atoms with E-state index in [1.54, 1.807) is 7.11 Å². The quantitative estimate of drug-likeness (QED) is 0.863. The van der Waals surface area contributed by atoms with E-state index in [1.807, 2.05) is 24.3 Å². The minimum atomic E-state index is -4.44. The van der Waals surface area contributed by atoms with Gasteiger partial charge in [0.15, 0.2) is 0 Å². The fourth-order valence-electron chi connectivity index (χ4n) is 2.06. The van der Waals surface area contributed by atoms with Crippen LogP contribution in [0.15, 0.2) is 48.5 Å². The van der Waals surface area contributed by atoms with E-state index in [0.29, 0.717) is 13.0 Å². The summed E-state index contributed by atoms with van der Waals surface area (Å²) in [6.45, 7) is 0.358. The van der Waals surface area contributed by atoms with Gasteiger partial charge in [-0.05, 0) is 42.3 Å². The van der Waals surface area contributed by atoms with Crippen LogP contribution >= 0.6 is 0 Å². The summed E-state index contributed by atoms with van der Waals surface area (Å²) in [4.78, 5) is 11.7. The molecular weight excluding hydrogens is 321 g/mol. The molecule has 2 aromatic carbocycles. The first-order valence-electron chi connectivity index (χ1n) is 7.23. The molecule has 0 fully saturated rings. The molecule has 0 saturated carbocycles. The van der Waals surface area contributed by atoms with Gasteiger partial charge in [-0.3, -0.25) is 0 Å². The summed E-state index contributed by atoms with van der Waals surface area (Å²) in [6.07, 6.45) is -3.84. The predicted octanol–water partition coefficient (Wildman–Crippen LogP) is 4.08. The topological polar surface area (TPSA) is 50.4 Å². The molecule has 0 bridgehead atoms. The van der Waals surface area contributed by atoms with Crippen molar-refractivity contribution in [3.8, 4) is 5.75 Å². The standard InChI is InChI=1S/C17H17F3N2O2/c1-24-15-7-5-12(6-8-15)9-10-21-16(23)22-14-4-2-3-13(11-14)17(18,19)20/h2-8,11H,9-10H2,1H3,(H2,21,22,23). The van der Waals surface area contributed by atoms with Crippen molar-refractivity contribution < 1.29 is 22.7 Å². The SMILES string of the molecule is COc1ccc(CCNC(=O)Nc2cccc(C(F)(F)F)c2)cc1. The van der Waals surface area contributed by atoms with Crippen LogP contribution in [0.4, 0.5) is 23.7 Å². The highest BCUT2D eigenvalue weighted by atomic mass is 19.4. The maximum absolute atomic E-state index is 12.6. The van der Waals surface area contributed by atoms with Gasteiger partial charge in [-0.25, -0.2) is 4.79 Å². The second-order valence-corrected chi connectivity index (χ2v) is 5.06. The van der Waals surface area contributed by atoms with Crippen LogP contribution in [0.3, 0.4) is 0 Å². The van der Waals surface area contributed by atoms with Crippen LogP contribution in [0.25, 0.3) is 0 Å². The Morgan fingerprint density at radius 2 is 1.83 bits per heavy atom. The zero-order valence-electron chi connectivity index (χ0n) is 13.0. The molecule has 0 saturated heterocycles. The highest BCUT2D eigenvalue weighted by Gasteiger charge is 2.30. The Morgan fingerprint density at radius 3 is 2.46 bits per heavy atom. The molecule has 0 spiro atoms. The summed E-state index contributed by atoms with van der Waals surface area (Å²) in [5.41, 5.74) is 0.292. The van der Waals surface area contributed by atoms with Crippen LogP contribution in [0, 0.1) is 0 Å². The molecule has 4 nitrogen and oxygen atoms in total. The third-order valence-corrected chi connectivity index (χ3v) is 3.31. The maximum Gasteiger partial charge on any atom is 0.416 e. The molecule has 2 amide bonds. The zero-order valence-corrected chi connectivity index (χ0v) is 13.0. The number of alkyl halides is 3. The minimum Gasteiger partial charge on any atom is -0.497 e. The lowest BCUT2D eigenvalue weighted by atomic mass is 10.1. The van der Waals surface area contributed by atoms with Gasteiger partial charge in [-0.2, -0.15) is 13.2 Å². The van der Waals surface area contributed by atoms with Crippen LogP contribution in [0.2, 0.25) is 0 Å².